The predicted octanol–water partition coefficient (Wildman–Crippen LogP) is 4.82. The highest BCUT2D eigenvalue weighted by Gasteiger charge is 2.18. The Labute approximate surface area is 191 Å². The van der Waals surface area contributed by atoms with Gasteiger partial charge >= 0.3 is 0 Å². The molecule has 1 fully saturated rings. The van der Waals surface area contributed by atoms with Crippen LogP contribution in [0.2, 0.25) is 5.02 Å². The Bertz CT molecular complexity index is 1090. The molecule has 1 aliphatic rings. The fourth-order valence-corrected chi connectivity index (χ4v) is 3.92. The number of anilines is 2. The maximum atomic E-state index is 12.4. The highest BCUT2D eigenvalue weighted by atomic mass is 35.5. The van der Waals surface area contributed by atoms with Crippen LogP contribution in [0.3, 0.4) is 0 Å². The lowest BCUT2D eigenvalue weighted by Gasteiger charge is -2.36. The molecular formula is C24H23ClN4O3. The first-order chi connectivity index (χ1) is 15.5. The van der Waals surface area contributed by atoms with Gasteiger partial charge in [-0.3, -0.25) is 19.8 Å². The number of nitro benzene ring substituents is 1. The molecule has 3 aromatic carbocycles. The second-order valence-electron chi connectivity index (χ2n) is 7.66. The maximum Gasteiger partial charge on any atom is 0.269 e. The average molecular weight is 451 g/mol. The number of rotatable bonds is 6. The smallest absolute Gasteiger partial charge is 0.269 e. The molecule has 0 bridgehead atoms. The molecule has 0 spiro atoms. The number of hydrogen-bond donors (Lipinski definition) is 1. The lowest BCUT2D eigenvalue weighted by Crippen LogP contribution is -2.46. The second kappa shape index (κ2) is 9.80. The monoisotopic (exact) mass is 450 g/mol. The molecular weight excluding hydrogens is 428 g/mol. The third-order valence-corrected chi connectivity index (χ3v) is 5.92. The fraction of sp³-hybridized carbons (Fsp3) is 0.208. The summed E-state index contributed by atoms with van der Waals surface area (Å²) in [6.45, 7) is 4.58. The molecule has 1 N–H and O–H groups in total. The summed E-state index contributed by atoms with van der Waals surface area (Å²) in [5.41, 5.74) is 3.26. The number of nitro groups is 1. The van der Waals surface area contributed by atoms with Crippen LogP contribution in [0.25, 0.3) is 0 Å². The number of nitrogens with one attached hydrogen (secondary N) is 1. The SMILES string of the molecule is O=C(Nc1ccc(N2CCN(Cc3ccccc3Cl)CC2)cc1)c1ccc([N+](=O)[O-])cc1. The molecule has 0 atom stereocenters. The predicted molar refractivity (Wildman–Crippen MR) is 126 cm³/mol. The molecule has 0 saturated carbocycles. The minimum absolute atomic E-state index is 0.0436. The van der Waals surface area contributed by atoms with Crippen molar-refractivity contribution >= 4 is 34.6 Å². The summed E-state index contributed by atoms with van der Waals surface area (Å²) >= 11 is 6.28. The summed E-state index contributed by atoms with van der Waals surface area (Å²) < 4.78 is 0. The summed E-state index contributed by atoms with van der Waals surface area (Å²) in [5.74, 6) is -0.305. The zero-order valence-corrected chi connectivity index (χ0v) is 18.2. The van der Waals surface area contributed by atoms with Crippen molar-refractivity contribution in [3.63, 3.8) is 0 Å². The van der Waals surface area contributed by atoms with E-state index in [9.17, 15) is 14.9 Å². The highest BCUT2D eigenvalue weighted by molar-refractivity contribution is 6.31. The first kappa shape index (κ1) is 21.8. The number of hydrogen-bond acceptors (Lipinski definition) is 5. The summed E-state index contributed by atoms with van der Waals surface area (Å²) in [5, 5.41) is 14.4. The molecule has 0 aliphatic carbocycles. The van der Waals surface area contributed by atoms with Crippen LogP contribution < -0.4 is 10.2 Å². The Hall–Kier alpha value is -3.42. The van der Waals surface area contributed by atoms with E-state index >= 15 is 0 Å². The van der Waals surface area contributed by atoms with Gasteiger partial charge in [-0.05, 0) is 48.0 Å². The van der Waals surface area contributed by atoms with Gasteiger partial charge in [0.05, 0.1) is 4.92 Å². The van der Waals surface area contributed by atoms with Crippen molar-refractivity contribution in [3.8, 4) is 0 Å². The summed E-state index contributed by atoms with van der Waals surface area (Å²) in [7, 11) is 0. The minimum atomic E-state index is -0.489. The quantitative estimate of drug-likeness (QED) is 0.430. The van der Waals surface area contributed by atoms with Crippen molar-refractivity contribution in [1.29, 1.82) is 0 Å². The van der Waals surface area contributed by atoms with Crippen LogP contribution in [0.1, 0.15) is 15.9 Å². The van der Waals surface area contributed by atoms with Crippen LogP contribution in [0.15, 0.2) is 72.8 Å². The molecule has 1 heterocycles. The molecule has 0 radical (unpaired) electrons. The number of halogens is 1. The van der Waals surface area contributed by atoms with Gasteiger partial charge in [0.25, 0.3) is 11.6 Å². The number of nitrogens with zero attached hydrogens (tertiary/aromatic N) is 3. The van der Waals surface area contributed by atoms with Gasteiger partial charge in [0, 0.05) is 66.8 Å². The van der Waals surface area contributed by atoms with E-state index in [0.717, 1.165) is 49.0 Å². The van der Waals surface area contributed by atoms with Crippen LogP contribution in [-0.4, -0.2) is 41.9 Å². The molecule has 0 unspecified atom stereocenters. The van der Waals surface area contributed by atoms with Crippen molar-refractivity contribution in [1.82, 2.24) is 4.90 Å². The summed E-state index contributed by atoms with van der Waals surface area (Å²) in [6.07, 6.45) is 0. The number of benzene rings is 3. The van der Waals surface area contributed by atoms with E-state index in [1.54, 1.807) is 0 Å². The van der Waals surface area contributed by atoms with Crippen LogP contribution in [0.4, 0.5) is 17.1 Å². The first-order valence-electron chi connectivity index (χ1n) is 10.4. The molecule has 7 nitrogen and oxygen atoms in total. The molecule has 1 aliphatic heterocycles. The van der Waals surface area contributed by atoms with E-state index < -0.39 is 4.92 Å². The van der Waals surface area contributed by atoms with Gasteiger partial charge in [-0.25, -0.2) is 0 Å². The van der Waals surface area contributed by atoms with Gasteiger partial charge < -0.3 is 10.2 Å². The third-order valence-electron chi connectivity index (χ3n) is 5.55. The van der Waals surface area contributed by atoms with Crippen LogP contribution >= 0.6 is 11.6 Å². The van der Waals surface area contributed by atoms with Crippen molar-refractivity contribution in [2.45, 2.75) is 6.54 Å². The Morgan fingerprint density at radius 2 is 1.59 bits per heavy atom. The minimum Gasteiger partial charge on any atom is -0.369 e. The van der Waals surface area contributed by atoms with E-state index in [2.05, 4.69) is 21.2 Å². The summed E-state index contributed by atoms with van der Waals surface area (Å²) in [4.78, 5) is 27.4. The van der Waals surface area contributed by atoms with E-state index in [1.165, 1.54) is 24.3 Å². The van der Waals surface area contributed by atoms with Gasteiger partial charge in [0.1, 0.15) is 0 Å². The Balaban J connectivity index is 1.30. The van der Waals surface area contributed by atoms with E-state index in [0.29, 0.717) is 11.3 Å². The molecule has 1 saturated heterocycles. The maximum absolute atomic E-state index is 12.4. The van der Waals surface area contributed by atoms with Crippen LogP contribution in [0.5, 0.6) is 0 Å². The van der Waals surface area contributed by atoms with Crippen molar-refractivity contribution in [2.24, 2.45) is 0 Å². The number of carbonyl (C=O) groups excluding carboxylic acids is 1. The standard InChI is InChI=1S/C24H23ClN4O3/c25-23-4-2-1-3-19(23)17-27-13-15-28(16-14-27)21-11-7-20(8-12-21)26-24(30)18-5-9-22(10-6-18)29(31)32/h1-12H,13-17H2,(H,26,30). The summed E-state index contributed by atoms with van der Waals surface area (Å²) in [6, 6.07) is 21.2. The topological polar surface area (TPSA) is 78.7 Å². The average Bonchev–Trinajstić information content (AvgIpc) is 2.82. The van der Waals surface area contributed by atoms with Gasteiger partial charge in [-0.15, -0.1) is 0 Å². The van der Waals surface area contributed by atoms with Crippen molar-refractivity contribution in [2.75, 3.05) is 36.4 Å². The number of non-ortho nitro benzene ring substituents is 1. The zero-order valence-electron chi connectivity index (χ0n) is 17.4. The van der Waals surface area contributed by atoms with E-state index in [1.807, 2.05) is 42.5 Å². The normalized spacial score (nSPS) is 14.2. The molecule has 0 aromatic heterocycles. The van der Waals surface area contributed by atoms with Gasteiger partial charge in [-0.1, -0.05) is 29.8 Å². The van der Waals surface area contributed by atoms with E-state index in [4.69, 9.17) is 11.6 Å². The Morgan fingerprint density at radius 1 is 0.938 bits per heavy atom. The molecule has 32 heavy (non-hydrogen) atoms. The lowest BCUT2D eigenvalue weighted by atomic mass is 10.1. The van der Waals surface area contributed by atoms with Gasteiger partial charge in [-0.2, -0.15) is 0 Å². The molecule has 8 heteroatoms. The second-order valence-corrected chi connectivity index (χ2v) is 8.07. The van der Waals surface area contributed by atoms with Crippen LogP contribution in [0, 0.1) is 10.1 Å². The lowest BCUT2D eigenvalue weighted by molar-refractivity contribution is -0.384. The van der Waals surface area contributed by atoms with Gasteiger partial charge in [0.15, 0.2) is 0 Å². The fourth-order valence-electron chi connectivity index (χ4n) is 3.73. The number of amides is 1. The molecule has 164 valence electrons. The molecule has 4 rings (SSSR count). The molecule has 1 amide bonds. The van der Waals surface area contributed by atoms with E-state index in [-0.39, 0.29) is 11.6 Å². The number of piperazine rings is 1. The highest BCUT2D eigenvalue weighted by Crippen LogP contribution is 2.22. The largest absolute Gasteiger partial charge is 0.369 e. The van der Waals surface area contributed by atoms with Crippen molar-refractivity contribution < 1.29 is 9.72 Å². The van der Waals surface area contributed by atoms with Crippen molar-refractivity contribution in [3.05, 3.63) is 99.1 Å². The molecule has 3 aromatic rings. The van der Waals surface area contributed by atoms with Gasteiger partial charge in [0.2, 0.25) is 0 Å². The number of carbonyl (C=O) groups is 1. The Morgan fingerprint density at radius 3 is 2.22 bits per heavy atom. The Kier molecular flexibility index (Phi) is 6.68. The third kappa shape index (κ3) is 5.25. The zero-order chi connectivity index (χ0) is 22.5. The first-order valence-corrected chi connectivity index (χ1v) is 10.7. The van der Waals surface area contributed by atoms with Crippen LogP contribution in [-0.2, 0) is 6.54 Å².